The van der Waals surface area contributed by atoms with E-state index in [0.29, 0.717) is 30.4 Å². The first-order valence-electron chi connectivity index (χ1n) is 6.69. The average molecular weight is 279 g/mol. The molecule has 0 aliphatic carbocycles. The highest BCUT2D eigenvalue weighted by Gasteiger charge is 2.08. The lowest BCUT2D eigenvalue weighted by atomic mass is 10.2. The number of ether oxygens (including phenoxy) is 2. The zero-order valence-electron chi connectivity index (χ0n) is 12.1. The van der Waals surface area contributed by atoms with Gasteiger partial charge < -0.3 is 14.8 Å². The van der Waals surface area contributed by atoms with Gasteiger partial charge in [0.25, 0.3) is 5.91 Å². The van der Waals surface area contributed by atoms with Gasteiger partial charge in [-0.25, -0.2) is 4.79 Å². The van der Waals surface area contributed by atoms with E-state index in [-0.39, 0.29) is 12.5 Å². The second kappa shape index (κ2) is 8.19. The Morgan fingerprint density at radius 3 is 2.70 bits per heavy atom. The van der Waals surface area contributed by atoms with E-state index in [0.717, 1.165) is 0 Å². The fourth-order valence-electron chi connectivity index (χ4n) is 1.45. The number of esters is 1. The Morgan fingerprint density at radius 1 is 1.30 bits per heavy atom. The predicted molar refractivity (Wildman–Crippen MR) is 75.7 cm³/mol. The van der Waals surface area contributed by atoms with Gasteiger partial charge in [-0.15, -0.1) is 0 Å². The average Bonchev–Trinajstić information content (AvgIpc) is 2.43. The molecule has 0 heterocycles. The molecule has 0 saturated carbocycles. The minimum Gasteiger partial charge on any atom is -0.484 e. The van der Waals surface area contributed by atoms with Crippen LogP contribution in [0.4, 0.5) is 0 Å². The summed E-state index contributed by atoms with van der Waals surface area (Å²) in [6.45, 7) is 6.65. The quantitative estimate of drug-likeness (QED) is 0.775. The van der Waals surface area contributed by atoms with E-state index in [4.69, 9.17) is 9.47 Å². The second-order valence-electron chi connectivity index (χ2n) is 4.73. The minimum atomic E-state index is -0.401. The number of hydrogen-bond donors (Lipinski definition) is 1. The third kappa shape index (κ3) is 5.73. The molecule has 5 nitrogen and oxygen atoms in total. The first-order valence-corrected chi connectivity index (χ1v) is 6.69. The van der Waals surface area contributed by atoms with Crippen LogP contribution in [0.15, 0.2) is 24.3 Å². The van der Waals surface area contributed by atoms with E-state index in [1.165, 1.54) is 0 Å². The number of nitrogens with one attached hydrogen (secondary N) is 1. The van der Waals surface area contributed by atoms with Crippen LogP contribution in [0.1, 0.15) is 31.1 Å². The van der Waals surface area contributed by atoms with E-state index in [9.17, 15) is 9.59 Å². The lowest BCUT2D eigenvalue weighted by Gasteiger charge is -2.09. The summed E-state index contributed by atoms with van der Waals surface area (Å²) in [6, 6.07) is 6.59. The summed E-state index contributed by atoms with van der Waals surface area (Å²) < 4.78 is 10.2. The Balaban J connectivity index is 2.50. The zero-order chi connectivity index (χ0) is 15.0. The molecule has 1 aromatic carbocycles. The van der Waals surface area contributed by atoms with Gasteiger partial charge in [0.15, 0.2) is 6.61 Å². The summed E-state index contributed by atoms with van der Waals surface area (Å²) in [5.41, 5.74) is 0.409. The summed E-state index contributed by atoms with van der Waals surface area (Å²) in [6.07, 6.45) is 0. The molecule has 1 rings (SSSR count). The zero-order valence-corrected chi connectivity index (χ0v) is 12.1. The first-order chi connectivity index (χ1) is 9.52. The highest BCUT2D eigenvalue weighted by atomic mass is 16.5. The normalized spacial score (nSPS) is 10.2. The van der Waals surface area contributed by atoms with Crippen LogP contribution >= 0.6 is 0 Å². The third-order valence-electron chi connectivity index (χ3n) is 2.42. The van der Waals surface area contributed by atoms with Crippen molar-refractivity contribution >= 4 is 11.9 Å². The topological polar surface area (TPSA) is 64.6 Å². The van der Waals surface area contributed by atoms with Crippen molar-refractivity contribution in [2.24, 2.45) is 5.92 Å². The highest BCUT2D eigenvalue weighted by Crippen LogP contribution is 2.14. The molecule has 0 aliphatic heterocycles. The monoisotopic (exact) mass is 279 g/mol. The van der Waals surface area contributed by atoms with Crippen LogP contribution in [-0.4, -0.2) is 31.6 Å². The summed E-state index contributed by atoms with van der Waals surface area (Å²) in [7, 11) is 0. The van der Waals surface area contributed by atoms with Gasteiger partial charge >= 0.3 is 5.97 Å². The molecule has 0 atom stereocenters. The molecular formula is C15H21NO4. The Morgan fingerprint density at radius 2 is 2.05 bits per heavy atom. The molecule has 20 heavy (non-hydrogen) atoms. The van der Waals surface area contributed by atoms with Crippen molar-refractivity contribution in [2.75, 3.05) is 19.8 Å². The lowest BCUT2D eigenvalue weighted by Crippen LogP contribution is -2.31. The smallest absolute Gasteiger partial charge is 0.338 e. The maximum Gasteiger partial charge on any atom is 0.338 e. The Kier molecular flexibility index (Phi) is 6.56. The molecule has 0 aliphatic rings. The van der Waals surface area contributed by atoms with Gasteiger partial charge in [-0.1, -0.05) is 19.9 Å². The third-order valence-corrected chi connectivity index (χ3v) is 2.42. The molecule has 110 valence electrons. The van der Waals surface area contributed by atoms with Gasteiger partial charge in [0.2, 0.25) is 0 Å². The Labute approximate surface area is 119 Å². The molecule has 0 spiro atoms. The number of benzene rings is 1. The molecule has 0 radical (unpaired) electrons. The van der Waals surface area contributed by atoms with Crippen LogP contribution in [0.5, 0.6) is 5.75 Å². The van der Waals surface area contributed by atoms with Gasteiger partial charge in [0, 0.05) is 6.54 Å². The van der Waals surface area contributed by atoms with Crippen LogP contribution in [0.25, 0.3) is 0 Å². The molecule has 0 aromatic heterocycles. The van der Waals surface area contributed by atoms with Crippen LogP contribution in [-0.2, 0) is 9.53 Å². The number of amides is 1. The van der Waals surface area contributed by atoms with Crippen LogP contribution in [0, 0.1) is 5.92 Å². The SMILES string of the molecule is CCOC(=O)c1cccc(OCC(=O)NCC(C)C)c1. The Hall–Kier alpha value is -2.04. The second-order valence-corrected chi connectivity index (χ2v) is 4.73. The predicted octanol–water partition coefficient (Wildman–Crippen LogP) is 2.01. The standard InChI is InChI=1S/C15H21NO4/c1-4-19-15(18)12-6-5-7-13(8-12)20-10-14(17)16-9-11(2)3/h5-8,11H,4,9-10H2,1-3H3,(H,16,17). The summed E-state index contributed by atoms with van der Waals surface area (Å²) in [4.78, 5) is 23.1. The van der Waals surface area contributed by atoms with Crippen LogP contribution in [0.2, 0.25) is 0 Å². The fourth-order valence-corrected chi connectivity index (χ4v) is 1.45. The van der Waals surface area contributed by atoms with Crippen molar-refractivity contribution in [3.8, 4) is 5.75 Å². The Bertz CT molecular complexity index is 457. The van der Waals surface area contributed by atoms with Gasteiger partial charge in [0.05, 0.1) is 12.2 Å². The van der Waals surface area contributed by atoms with Gasteiger partial charge in [-0.3, -0.25) is 4.79 Å². The number of hydrogen-bond acceptors (Lipinski definition) is 4. The van der Waals surface area contributed by atoms with Crippen molar-refractivity contribution in [3.63, 3.8) is 0 Å². The molecule has 1 amide bonds. The summed E-state index contributed by atoms with van der Waals surface area (Å²) in [5.74, 6) is 0.281. The molecule has 5 heteroatoms. The molecule has 0 unspecified atom stereocenters. The molecule has 0 bridgehead atoms. The number of carbonyl (C=O) groups excluding carboxylic acids is 2. The fraction of sp³-hybridized carbons (Fsp3) is 0.467. The van der Waals surface area contributed by atoms with Gasteiger partial charge in [-0.2, -0.15) is 0 Å². The molecule has 0 saturated heterocycles. The van der Waals surface area contributed by atoms with Crippen LogP contribution in [0.3, 0.4) is 0 Å². The van der Waals surface area contributed by atoms with Crippen molar-refractivity contribution in [1.29, 1.82) is 0 Å². The maximum absolute atomic E-state index is 11.6. The van der Waals surface area contributed by atoms with E-state index < -0.39 is 5.97 Å². The summed E-state index contributed by atoms with van der Waals surface area (Å²) >= 11 is 0. The molecular weight excluding hydrogens is 258 g/mol. The summed E-state index contributed by atoms with van der Waals surface area (Å²) in [5, 5.41) is 2.75. The molecule has 1 aromatic rings. The van der Waals surface area contributed by atoms with Gasteiger partial charge in [-0.05, 0) is 31.0 Å². The van der Waals surface area contributed by atoms with Crippen molar-refractivity contribution < 1.29 is 19.1 Å². The largest absolute Gasteiger partial charge is 0.484 e. The molecule has 0 fully saturated rings. The highest BCUT2D eigenvalue weighted by molar-refractivity contribution is 5.89. The van der Waals surface area contributed by atoms with E-state index in [1.54, 1.807) is 31.2 Å². The number of rotatable bonds is 7. The molecule has 1 N–H and O–H groups in total. The number of carbonyl (C=O) groups is 2. The van der Waals surface area contributed by atoms with Crippen molar-refractivity contribution in [3.05, 3.63) is 29.8 Å². The van der Waals surface area contributed by atoms with Crippen LogP contribution < -0.4 is 10.1 Å². The maximum atomic E-state index is 11.6. The van der Waals surface area contributed by atoms with E-state index in [2.05, 4.69) is 5.32 Å². The van der Waals surface area contributed by atoms with E-state index in [1.807, 2.05) is 13.8 Å². The minimum absolute atomic E-state index is 0.0704. The first kappa shape index (κ1) is 16.0. The van der Waals surface area contributed by atoms with Crippen molar-refractivity contribution in [2.45, 2.75) is 20.8 Å². The van der Waals surface area contributed by atoms with E-state index >= 15 is 0 Å². The van der Waals surface area contributed by atoms with Crippen molar-refractivity contribution in [1.82, 2.24) is 5.32 Å². The lowest BCUT2D eigenvalue weighted by molar-refractivity contribution is -0.123. The van der Waals surface area contributed by atoms with Gasteiger partial charge in [0.1, 0.15) is 5.75 Å².